The SMILES string of the molecule is CC(C)S(=O)(=O)[C@@H]1C[C@@H]2CC[C@@H]1C2. The molecule has 2 saturated carbocycles. The van der Waals surface area contributed by atoms with Crippen molar-refractivity contribution in [3.63, 3.8) is 0 Å². The maximum absolute atomic E-state index is 11.9. The molecule has 2 aliphatic rings. The Morgan fingerprint density at radius 2 is 1.85 bits per heavy atom. The molecule has 2 nitrogen and oxygen atoms in total. The summed E-state index contributed by atoms with van der Waals surface area (Å²) in [6.45, 7) is 3.61. The topological polar surface area (TPSA) is 34.1 Å². The molecule has 0 amide bonds. The second-order valence-electron chi connectivity index (χ2n) is 4.85. The largest absolute Gasteiger partial charge is 0.228 e. The maximum Gasteiger partial charge on any atom is 0.155 e. The Labute approximate surface area is 80.6 Å². The van der Waals surface area contributed by atoms with E-state index in [1.165, 1.54) is 12.8 Å². The van der Waals surface area contributed by atoms with Crippen molar-refractivity contribution in [2.75, 3.05) is 0 Å². The van der Waals surface area contributed by atoms with Crippen molar-refractivity contribution < 1.29 is 8.42 Å². The normalized spacial score (nSPS) is 38.8. The highest BCUT2D eigenvalue weighted by molar-refractivity contribution is 7.92. The smallest absolute Gasteiger partial charge is 0.155 e. The van der Waals surface area contributed by atoms with E-state index in [-0.39, 0.29) is 10.5 Å². The number of sulfone groups is 1. The van der Waals surface area contributed by atoms with E-state index < -0.39 is 9.84 Å². The first-order valence-corrected chi connectivity index (χ1v) is 6.85. The van der Waals surface area contributed by atoms with Crippen molar-refractivity contribution in [2.45, 2.75) is 50.0 Å². The van der Waals surface area contributed by atoms with Crippen molar-refractivity contribution in [2.24, 2.45) is 11.8 Å². The van der Waals surface area contributed by atoms with Gasteiger partial charge >= 0.3 is 0 Å². The summed E-state index contributed by atoms with van der Waals surface area (Å²) >= 11 is 0. The van der Waals surface area contributed by atoms with Crippen LogP contribution in [-0.4, -0.2) is 18.9 Å². The Balaban J connectivity index is 2.19. The molecule has 2 rings (SSSR count). The first kappa shape index (κ1) is 9.50. The predicted octanol–water partition coefficient (Wildman–Crippen LogP) is 2.00. The molecule has 2 fully saturated rings. The second-order valence-corrected chi connectivity index (χ2v) is 7.58. The highest BCUT2D eigenvalue weighted by Gasteiger charge is 2.46. The molecule has 0 saturated heterocycles. The molecule has 0 aromatic heterocycles. The summed E-state index contributed by atoms with van der Waals surface area (Å²) in [4.78, 5) is 0. The van der Waals surface area contributed by atoms with E-state index in [0.29, 0.717) is 5.92 Å². The summed E-state index contributed by atoms with van der Waals surface area (Å²) in [6.07, 6.45) is 4.55. The Morgan fingerprint density at radius 1 is 1.15 bits per heavy atom. The van der Waals surface area contributed by atoms with Gasteiger partial charge in [0.25, 0.3) is 0 Å². The maximum atomic E-state index is 11.9. The van der Waals surface area contributed by atoms with E-state index in [2.05, 4.69) is 0 Å². The minimum Gasteiger partial charge on any atom is -0.228 e. The summed E-state index contributed by atoms with van der Waals surface area (Å²) in [5.41, 5.74) is 0. The molecule has 0 heterocycles. The van der Waals surface area contributed by atoms with Crippen LogP contribution in [0.1, 0.15) is 39.5 Å². The molecule has 2 aliphatic carbocycles. The third-order valence-electron chi connectivity index (χ3n) is 3.75. The zero-order valence-corrected chi connectivity index (χ0v) is 9.18. The zero-order valence-electron chi connectivity index (χ0n) is 8.36. The van der Waals surface area contributed by atoms with Gasteiger partial charge in [-0.3, -0.25) is 0 Å². The lowest BCUT2D eigenvalue weighted by Gasteiger charge is -2.23. The third-order valence-corrected chi connectivity index (χ3v) is 6.49. The molecule has 0 N–H and O–H groups in total. The van der Waals surface area contributed by atoms with Gasteiger partial charge in [-0.2, -0.15) is 0 Å². The van der Waals surface area contributed by atoms with Crippen LogP contribution in [0.2, 0.25) is 0 Å². The fourth-order valence-corrected chi connectivity index (χ4v) is 4.96. The van der Waals surface area contributed by atoms with Crippen molar-refractivity contribution in [1.82, 2.24) is 0 Å². The van der Waals surface area contributed by atoms with E-state index in [1.54, 1.807) is 13.8 Å². The van der Waals surface area contributed by atoms with Crippen LogP contribution in [0.3, 0.4) is 0 Å². The first-order valence-electron chi connectivity index (χ1n) is 5.24. The Bertz CT molecular complexity index is 292. The minimum absolute atomic E-state index is 0.00579. The molecule has 13 heavy (non-hydrogen) atoms. The predicted molar refractivity (Wildman–Crippen MR) is 53.3 cm³/mol. The summed E-state index contributed by atoms with van der Waals surface area (Å²) in [5.74, 6) is 1.22. The van der Waals surface area contributed by atoms with E-state index in [4.69, 9.17) is 0 Å². The fourth-order valence-electron chi connectivity index (χ4n) is 2.94. The molecule has 2 bridgehead atoms. The van der Waals surface area contributed by atoms with E-state index in [9.17, 15) is 8.42 Å². The quantitative estimate of drug-likeness (QED) is 0.686. The van der Waals surface area contributed by atoms with Gasteiger partial charge < -0.3 is 0 Å². The number of rotatable bonds is 2. The summed E-state index contributed by atoms with van der Waals surface area (Å²) in [7, 11) is -2.81. The van der Waals surface area contributed by atoms with Crippen LogP contribution in [0.25, 0.3) is 0 Å². The van der Waals surface area contributed by atoms with Crippen LogP contribution in [0.4, 0.5) is 0 Å². The average molecular weight is 202 g/mol. The van der Waals surface area contributed by atoms with Crippen LogP contribution >= 0.6 is 0 Å². The Morgan fingerprint density at radius 3 is 2.23 bits per heavy atom. The lowest BCUT2D eigenvalue weighted by atomic mass is 10.0. The van der Waals surface area contributed by atoms with Gasteiger partial charge in [0.15, 0.2) is 9.84 Å². The number of hydrogen-bond acceptors (Lipinski definition) is 2. The van der Waals surface area contributed by atoms with Crippen LogP contribution < -0.4 is 0 Å². The van der Waals surface area contributed by atoms with Crippen LogP contribution in [0, 0.1) is 11.8 Å². The van der Waals surface area contributed by atoms with Gasteiger partial charge in [0.05, 0.1) is 10.5 Å². The second kappa shape index (κ2) is 2.97. The molecule has 0 unspecified atom stereocenters. The van der Waals surface area contributed by atoms with E-state index in [0.717, 1.165) is 18.8 Å². The Hall–Kier alpha value is -0.0500. The number of fused-ring (bicyclic) bond motifs is 2. The highest BCUT2D eigenvalue weighted by atomic mass is 32.2. The van der Waals surface area contributed by atoms with Crippen LogP contribution in [0.15, 0.2) is 0 Å². The Kier molecular flexibility index (Phi) is 2.17. The van der Waals surface area contributed by atoms with Gasteiger partial charge in [-0.15, -0.1) is 0 Å². The van der Waals surface area contributed by atoms with Crippen molar-refractivity contribution in [3.8, 4) is 0 Å². The summed E-state index contributed by atoms with van der Waals surface area (Å²) in [5, 5.41) is -0.178. The van der Waals surface area contributed by atoms with Crippen molar-refractivity contribution in [1.29, 1.82) is 0 Å². The van der Waals surface area contributed by atoms with Gasteiger partial charge in [0, 0.05) is 0 Å². The third kappa shape index (κ3) is 1.41. The molecule has 0 aromatic carbocycles. The average Bonchev–Trinajstić information content (AvgIpc) is 2.63. The van der Waals surface area contributed by atoms with E-state index in [1.807, 2.05) is 0 Å². The van der Waals surface area contributed by atoms with Crippen molar-refractivity contribution in [3.05, 3.63) is 0 Å². The van der Waals surface area contributed by atoms with Crippen LogP contribution in [0.5, 0.6) is 0 Å². The molecule has 0 aliphatic heterocycles. The number of hydrogen-bond donors (Lipinski definition) is 0. The van der Waals surface area contributed by atoms with Gasteiger partial charge in [-0.05, 0) is 44.9 Å². The standard InChI is InChI=1S/C10H18O2S/c1-7(2)13(11,12)10-6-8-3-4-9(10)5-8/h7-10H,3-6H2,1-2H3/t8-,9-,10-/m1/s1. The molecule has 3 atom stereocenters. The summed E-state index contributed by atoms with van der Waals surface area (Å²) < 4.78 is 23.8. The minimum atomic E-state index is -2.81. The first-order chi connectivity index (χ1) is 6.01. The summed E-state index contributed by atoms with van der Waals surface area (Å²) in [6, 6.07) is 0. The molecular weight excluding hydrogens is 184 g/mol. The molecule has 0 spiro atoms. The molecule has 76 valence electrons. The highest BCUT2D eigenvalue weighted by Crippen LogP contribution is 2.48. The fraction of sp³-hybridized carbons (Fsp3) is 1.00. The zero-order chi connectivity index (χ0) is 9.64. The monoisotopic (exact) mass is 202 g/mol. The molecule has 3 heteroatoms. The van der Waals surface area contributed by atoms with E-state index >= 15 is 0 Å². The van der Waals surface area contributed by atoms with Crippen LogP contribution in [-0.2, 0) is 9.84 Å². The molecule has 0 aromatic rings. The lowest BCUT2D eigenvalue weighted by Crippen LogP contribution is -2.32. The van der Waals surface area contributed by atoms with Gasteiger partial charge in [-0.1, -0.05) is 6.42 Å². The van der Waals surface area contributed by atoms with Crippen molar-refractivity contribution >= 4 is 9.84 Å². The lowest BCUT2D eigenvalue weighted by molar-refractivity contribution is 0.461. The molecule has 0 radical (unpaired) electrons. The van der Waals surface area contributed by atoms with Gasteiger partial charge in [0.2, 0.25) is 0 Å². The van der Waals surface area contributed by atoms with Gasteiger partial charge in [-0.25, -0.2) is 8.42 Å². The molecular formula is C10H18O2S. The van der Waals surface area contributed by atoms with Gasteiger partial charge in [0.1, 0.15) is 0 Å².